The topological polar surface area (TPSA) is 3.24 Å². The van der Waals surface area contributed by atoms with Crippen molar-refractivity contribution in [3.63, 3.8) is 0 Å². The lowest BCUT2D eigenvalue weighted by molar-refractivity contribution is 0.259. The smallest absolute Gasteiger partial charge is 0.00700 e. The van der Waals surface area contributed by atoms with Gasteiger partial charge in [0.05, 0.1) is 0 Å². The molecule has 0 aliphatic carbocycles. The second-order valence-corrected chi connectivity index (χ2v) is 4.75. The van der Waals surface area contributed by atoms with E-state index in [1.807, 2.05) is 0 Å². The molecule has 1 heteroatoms. The number of hydrogen-bond donors (Lipinski definition) is 0. The summed E-state index contributed by atoms with van der Waals surface area (Å²) in [5, 5.41) is 0. The van der Waals surface area contributed by atoms with Crippen LogP contribution in [0.4, 0.5) is 0 Å². The molecule has 78 valence electrons. The van der Waals surface area contributed by atoms with E-state index in [2.05, 4.69) is 25.7 Å². The standard InChI is InChI=1S/C12H25N/c1-4-5-6-7-8-13-10-11(2)9-12(13)3/h11-12H,4-10H2,1-3H3/t11?,12-/m1/s1. The van der Waals surface area contributed by atoms with Gasteiger partial charge in [0, 0.05) is 12.6 Å². The van der Waals surface area contributed by atoms with Crippen molar-refractivity contribution >= 4 is 0 Å². The van der Waals surface area contributed by atoms with Crippen LogP contribution in [0.2, 0.25) is 0 Å². The van der Waals surface area contributed by atoms with Crippen LogP contribution < -0.4 is 0 Å². The molecule has 0 aromatic rings. The Balaban J connectivity index is 2.07. The lowest BCUT2D eigenvalue weighted by Crippen LogP contribution is -2.28. The fraction of sp³-hybridized carbons (Fsp3) is 1.00. The zero-order chi connectivity index (χ0) is 9.68. The van der Waals surface area contributed by atoms with Crippen molar-refractivity contribution in [3.8, 4) is 0 Å². The van der Waals surface area contributed by atoms with Crippen LogP contribution in [-0.4, -0.2) is 24.0 Å². The minimum atomic E-state index is 0.844. The highest BCUT2D eigenvalue weighted by molar-refractivity contribution is 4.79. The van der Waals surface area contributed by atoms with Gasteiger partial charge in [-0.05, 0) is 32.2 Å². The molecule has 1 aliphatic heterocycles. The van der Waals surface area contributed by atoms with Crippen LogP contribution >= 0.6 is 0 Å². The van der Waals surface area contributed by atoms with Crippen LogP contribution in [0.5, 0.6) is 0 Å². The Bertz CT molecular complexity index is 133. The third-order valence-corrected chi connectivity index (χ3v) is 3.21. The first kappa shape index (κ1) is 11.0. The molecule has 0 N–H and O–H groups in total. The molecule has 0 spiro atoms. The average Bonchev–Trinajstić information content (AvgIpc) is 2.39. The summed E-state index contributed by atoms with van der Waals surface area (Å²) in [6, 6.07) is 0.844. The molecule has 0 saturated carbocycles. The molecule has 0 bridgehead atoms. The highest BCUT2D eigenvalue weighted by atomic mass is 15.2. The maximum absolute atomic E-state index is 2.67. The first-order valence-corrected chi connectivity index (χ1v) is 5.98. The van der Waals surface area contributed by atoms with Gasteiger partial charge in [-0.25, -0.2) is 0 Å². The van der Waals surface area contributed by atoms with E-state index in [-0.39, 0.29) is 0 Å². The Kier molecular flexibility index (Phi) is 4.79. The van der Waals surface area contributed by atoms with Crippen molar-refractivity contribution in [3.05, 3.63) is 0 Å². The minimum absolute atomic E-state index is 0.844. The summed E-state index contributed by atoms with van der Waals surface area (Å²) < 4.78 is 0. The van der Waals surface area contributed by atoms with E-state index in [1.165, 1.54) is 45.2 Å². The molecular weight excluding hydrogens is 158 g/mol. The van der Waals surface area contributed by atoms with E-state index >= 15 is 0 Å². The van der Waals surface area contributed by atoms with Gasteiger partial charge in [-0.1, -0.05) is 33.1 Å². The third-order valence-electron chi connectivity index (χ3n) is 3.21. The second kappa shape index (κ2) is 5.64. The van der Waals surface area contributed by atoms with Crippen molar-refractivity contribution in [2.45, 2.75) is 58.9 Å². The summed E-state index contributed by atoms with van der Waals surface area (Å²) in [6.07, 6.45) is 7.01. The monoisotopic (exact) mass is 183 g/mol. The highest BCUT2D eigenvalue weighted by Gasteiger charge is 2.24. The summed E-state index contributed by atoms with van der Waals surface area (Å²) >= 11 is 0. The quantitative estimate of drug-likeness (QED) is 0.591. The molecular formula is C12H25N. The van der Waals surface area contributed by atoms with Gasteiger partial charge >= 0.3 is 0 Å². The molecule has 2 atom stereocenters. The van der Waals surface area contributed by atoms with Crippen molar-refractivity contribution < 1.29 is 0 Å². The van der Waals surface area contributed by atoms with Crippen LogP contribution in [0.25, 0.3) is 0 Å². The summed E-state index contributed by atoms with van der Waals surface area (Å²) in [4.78, 5) is 2.67. The van der Waals surface area contributed by atoms with E-state index in [9.17, 15) is 0 Å². The summed E-state index contributed by atoms with van der Waals surface area (Å²) in [7, 11) is 0. The predicted octanol–water partition coefficient (Wildman–Crippen LogP) is 3.30. The maximum Gasteiger partial charge on any atom is 0.00700 e. The lowest BCUT2D eigenvalue weighted by Gasteiger charge is -2.20. The van der Waals surface area contributed by atoms with Crippen LogP contribution in [0, 0.1) is 5.92 Å². The predicted molar refractivity (Wildman–Crippen MR) is 59.0 cm³/mol. The van der Waals surface area contributed by atoms with Crippen LogP contribution in [0.15, 0.2) is 0 Å². The molecule has 1 saturated heterocycles. The first-order chi connectivity index (χ1) is 6.24. The molecule has 0 radical (unpaired) electrons. The van der Waals surface area contributed by atoms with Gasteiger partial charge in [0.25, 0.3) is 0 Å². The highest BCUT2D eigenvalue weighted by Crippen LogP contribution is 2.22. The van der Waals surface area contributed by atoms with E-state index in [1.54, 1.807) is 0 Å². The van der Waals surface area contributed by atoms with E-state index < -0.39 is 0 Å². The first-order valence-electron chi connectivity index (χ1n) is 5.98. The van der Waals surface area contributed by atoms with Crippen molar-refractivity contribution in [2.75, 3.05) is 13.1 Å². The molecule has 0 amide bonds. The number of likely N-dealkylation sites (tertiary alicyclic amines) is 1. The van der Waals surface area contributed by atoms with Crippen molar-refractivity contribution in [1.82, 2.24) is 4.90 Å². The van der Waals surface area contributed by atoms with E-state index in [0.717, 1.165) is 12.0 Å². The van der Waals surface area contributed by atoms with E-state index in [4.69, 9.17) is 0 Å². The summed E-state index contributed by atoms with van der Waals surface area (Å²) in [5.74, 6) is 0.932. The lowest BCUT2D eigenvalue weighted by atomic mass is 10.1. The number of hydrogen-bond acceptors (Lipinski definition) is 1. The summed E-state index contributed by atoms with van der Waals surface area (Å²) in [5.41, 5.74) is 0. The van der Waals surface area contributed by atoms with Crippen LogP contribution in [-0.2, 0) is 0 Å². The normalized spacial score (nSPS) is 29.8. The minimum Gasteiger partial charge on any atom is -0.300 e. The third kappa shape index (κ3) is 3.68. The Labute approximate surface area is 83.5 Å². The Morgan fingerprint density at radius 1 is 1.15 bits per heavy atom. The fourth-order valence-electron chi connectivity index (χ4n) is 2.44. The Morgan fingerprint density at radius 2 is 1.92 bits per heavy atom. The maximum atomic E-state index is 2.67. The van der Waals surface area contributed by atoms with Crippen molar-refractivity contribution in [1.29, 1.82) is 0 Å². The molecule has 0 aromatic carbocycles. The van der Waals surface area contributed by atoms with Gasteiger partial charge in [-0.2, -0.15) is 0 Å². The zero-order valence-corrected chi connectivity index (χ0v) is 9.55. The average molecular weight is 183 g/mol. The summed E-state index contributed by atoms with van der Waals surface area (Å²) in [6.45, 7) is 9.71. The van der Waals surface area contributed by atoms with Gasteiger partial charge in [0.15, 0.2) is 0 Å². The number of rotatable bonds is 5. The molecule has 1 fully saturated rings. The molecule has 1 heterocycles. The zero-order valence-electron chi connectivity index (χ0n) is 9.55. The van der Waals surface area contributed by atoms with Gasteiger partial charge in [-0.3, -0.25) is 0 Å². The SMILES string of the molecule is CCCCCCN1CC(C)C[C@H]1C. The molecule has 13 heavy (non-hydrogen) atoms. The van der Waals surface area contributed by atoms with Gasteiger partial charge < -0.3 is 4.90 Å². The van der Waals surface area contributed by atoms with Crippen molar-refractivity contribution in [2.24, 2.45) is 5.92 Å². The van der Waals surface area contributed by atoms with Gasteiger partial charge in [0.1, 0.15) is 0 Å². The second-order valence-electron chi connectivity index (χ2n) is 4.75. The molecule has 1 aliphatic rings. The number of nitrogens with zero attached hydrogens (tertiary/aromatic N) is 1. The van der Waals surface area contributed by atoms with Crippen LogP contribution in [0.1, 0.15) is 52.9 Å². The molecule has 1 unspecified atom stereocenters. The molecule has 1 rings (SSSR count). The van der Waals surface area contributed by atoms with Gasteiger partial charge in [0.2, 0.25) is 0 Å². The molecule has 0 aromatic heterocycles. The Morgan fingerprint density at radius 3 is 2.46 bits per heavy atom. The Hall–Kier alpha value is -0.0400. The van der Waals surface area contributed by atoms with Gasteiger partial charge in [-0.15, -0.1) is 0 Å². The molecule has 1 nitrogen and oxygen atoms in total. The largest absolute Gasteiger partial charge is 0.300 e. The fourth-order valence-corrected chi connectivity index (χ4v) is 2.44. The number of unbranched alkanes of at least 4 members (excludes halogenated alkanes) is 3. The van der Waals surface area contributed by atoms with Crippen LogP contribution in [0.3, 0.4) is 0 Å². The van der Waals surface area contributed by atoms with E-state index in [0.29, 0.717) is 0 Å².